The second-order valence-electron chi connectivity index (χ2n) is 15.1. The van der Waals surface area contributed by atoms with E-state index in [0.29, 0.717) is 11.8 Å². The molecule has 0 heterocycles. The van der Waals surface area contributed by atoms with Gasteiger partial charge in [-0.2, -0.15) is 0 Å². The topological polar surface area (TPSA) is 12.0 Å². The Bertz CT molecular complexity index is 2040. The van der Waals surface area contributed by atoms with Crippen molar-refractivity contribution in [3.8, 4) is 0 Å². The summed E-state index contributed by atoms with van der Waals surface area (Å²) in [5, 5.41) is 3.92. The minimum atomic E-state index is -0.298. The third-order valence-corrected chi connectivity index (χ3v) is 11.5. The van der Waals surface area contributed by atoms with Crippen LogP contribution in [0.15, 0.2) is 193 Å². The summed E-state index contributed by atoms with van der Waals surface area (Å²) in [7, 11) is 0. The zero-order valence-electron chi connectivity index (χ0n) is 35.8. The van der Waals surface area contributed by atoms with Crippen LogP contribution in [0.2, 0.25) is 0 Å². The SMILES string of the molecule is CC.CC.CC/C=C\C=C/CNC1=CC=CC2C=CC=CC1(c1cccc3c1C1=C(CCC=C1)C3(C1=CC=CCC1)c1ccccc1C(C)C)C2.c1ccccc1. The van der Waals surface area contributed by atoms with Crippen molar-refractivity contribution in [3.05, 3.63) is 221 Å². The summed E-state index contributed by atoms with van der Waals surface area (Å²) < 4.78 is 0. The van der Waals surface area contributed by atoms with E-state index in [1.54, 1.807) is 11.1 Å². The highest BCUT2D eigenvalue weighted by atomic mass is 14.9. The number of hydrogen-bond donors (Lipinski definition) is 1. The molecule has 2 bridgehead atoms. The third kappa shape index (κ3) is 9.05. The van der Waals surface area contributed by atoms with Gasteiger partial charge in [0.05, 0.1) is 10.8 Å². The van der Waals surface area contributed by atoms with Crippen LogP contribution in [0.5, 0.6) is 0 Å². The lowest BCUT2D eigenvalue weighted by Crippen LogP contribution is -2.37. The lowest BCUT2D eigenvalue weighted by Gasteiger charge is -2.41. The van der Waals surface area contributed by atoms with Crippen molar-refractivity contribution < 1.29 is 0 Å². The summed E-state index contributed by atoms with van der Waals surface area (Å²) >= 11 is 0. The van der Waals surface area contributed by atoms with Crippen LogP contribution >= 0.6 is 0 Å². The van der Waals surface area contributed by atoms with Gasteiger partial charge in [0.2, 0.25) is 0 Å². The molecule has 1 N–H and O–H groups in total. The fourth-order valence-electron chi connectivity index (χ4n) is 9.27. The van der Waals surface area contributed by atoms with Crippen LogP contribution in [-0.4, -0.2) is 6.54 Å². The van der Waals surface area contributed by atoms with Crippen molar-refractivity contribution in [2.45, 2.75) is 104 Å². The van der Waals surface area contributed by atoms with Crippen LogP contribution in [0, 0.1) is 5.92 Å². The maximum Gasteiger partial charge on any atom is 0.0642 e. The van der Waals surface area contributed by atoms with Crippen molar-refractivity contribution in [2.75, 3.05) is 6.54 Å². The van der Waals surface area contributed by atoms with Crippen LogP contribution < -0.4 is 5.32 Å². The molecule has 0 spiro atoms. The number of benzene rings is 3. The molecule has 0 saturated heterocycles. The molecular weight excluding hydrogens is 687 g/mol. The average molecular weight is 754 g/mol. The number of hydrogen-bond acceptors (Lipinski definition) is 1. The summed E-state index contributed by atoms with van der Waals surface area (Å²) in [5.41, 5.74) is 12.6. The van der Waals surface area contributed by atoms with Gasteiger partial charge in [0.25, 0.3) is 0 Å². The highest BCUT2D eigenvalue weighted by Gasteiger charge is 2.52. The molecule has 0 fully saturated rings. The van der Waals surface area contributed by atoms with Gasteiger partial charge in [0, 0.05) is 12.2 Å². The number of nitrogens with one attached hydrogen (secondary N) is 1. The normalized spacial score (nSPS) is 22.6. The molecule has 3 aromatic rings. The quantitative estimate of drug-likeness (QED) is 0.215. The molecule has 5 aliphatic carbocycles. The monoisotopic (exact) mass is 754 g/mol. The summed E-state index contributed by atoms with van der Waals surface area (Å²) in [5.74, 6) is 0.786. The van der Waals surface area contributed by atoms with Crippen LogP contribution in [-0.2, 0) is 10.8 Å². The Kier molecular flexibility index (Phi) is 16.1. The predicted octanol–water partition coefficient (Wildman–Crippen LogP) is 15.2. The van der Waals surface area contributed by atoms with E-state index in [1.807, 2.05) is 64.1 Å². The number of rotatable bonds is 9. The Morgan fingerprint density at radius 1 is 0.702 bits per heavy atom. The van der Waals surface area contributed by atoms with Crippen molar-refractivity contribution in [3.63, 3.8) is 0 Å². The average Bonchev–Trinajstić information content (AvgIpc) is 3.38. The summed E-state index contributed by atoms with van der Waals surface area (Å²) in [4.78, 5) is 0. The molecule has 0 saturated carbocycles. The van der Waals surface area contributed by atoms with Crippen LogP contribution in [0.1, 0.15) is 121 Å². The van der Waals surface area contributed by atoms with E-state index in [9.17, 15) is 0 Å². The van der Waals surface area contributed by atoms with E-state index < -0.39 is 0 Å². The summed E-state index contributed by atoms with van der Waals surface area (Å²) in [6.45, 7) is 15.7. The standard InChI is InChI=1S/C46H49N.C6H6.2C2H6/c1-4-5-6-7-17-32-47-43-30-18-21-35-20-15-16-31-45(43,33-35)41-28-19-29-42-44(41)38-25-12-14-27-40(38)46(42,36-22-9-8-10-23-36)39-26-13-11-24-37(39)34(2)3;1-2-4-6-5-3-1;2*1-2/h5-9,11-13,15-22,24-26,28-31,34-35,47H,4,10,14,23,27,32-33H2,1-3H3;1-6H;2*1-2H3/b6-5-,17-7-;;;. The molecule has 3 aromatic carbocycles. The minimum absolute atomic E-state index is 0.269. The van der Waals surface area contributed by atoms with E-state index >= 15 is 0 Å². The lowest BCUT2D eigenvalue weighted by molar-refractivity contribution is 0.497. The zero-order chi connectivity index (χ0) is 40.5. The first-order valence-corrected chi connectivity index (χ1v) is 21.9. The smallest absolute Gasteiger partial charge is 0.0642 e. The first-order chi connectivity index (χ1) is 28.1. The molecule has 296 valence electrons. The van der Waals surface area contributed by atoms with E-state index in [-0.39, 0.29) is 10.8 Å². The second kappa shape index (κ2) is 21.4. The Hall–Kier alpha value is -5.14. The molecule has 8 rings (SSSR count). The number of allylic oxidation sites excluding steroid dienone is 18. The largest absolute Gasteiger partial charge is 0.384 e. The molecule has 1 heteroatoms. The van der Waals surface area contributed by atoms with Gasteiger partial charge in [-0.3, -0.25) is 0 Å². The second-order valence-corrected chi connectivity index (χ2v) is 15.1. The Morgan fingerprint density at radius 2 is 1.39 bits per heavy atom. The molecule has 57 heavy (non-hydrogen) atoms. The van der Waals surface area contributed by atoms with Gasteiger partial charge in [-0.15, -0.1) is 0 Å². The molecule has 0 aromatic heterocycles. The third-order valence-electron chi connectivity index (χ3n) is 11.5. The van der Waals surface area contributed by atoms with Crippen molar-refractivity contribution >= 4 is 5.57 Å². The maximum absolute atomic E-state index is 3.92. The van der Waals surface area contributed by atoms with Gasteiger partial charge >= 0.3 is 0 Å². The van der Waals surface area contributed by atoms with E-state index in [1.165, 1.54) is 39.1 Å². The fourth-order valence-corrected chi connectivity index (χ4v) is 9.27. The molecule has 3 unspecified atom stereocenters. The maximum atomic E-state index is 3.92. The Morgan fingerprint density at radius 3 is 2.11 bits per heavy atom. The molecule has 5 aliphatic rings. The highest BCUT2D eigenvalue weighted by molar-refractivity contribution is 5.93. The Labute approximate surface area is 346 Å². The molecule has 0 aliphatic heterocycles. The first-order valence-electron chi connectivity index (χ1n) is 21.9. The van der Waals surface area contributed by atoms with Gasteiger partial charge in [0.15, 0.2) is 0 Å². The van der Waals surface area contributed by atoms with E-state index in [4.69, 9.17) is 0 Å². The molecule has 3 atom stereocenters. The molecular formula is C56H67N. The lowest BCUT2D eigenvalue weighted by atomic mass is 9.61. The van der Waals surface area contributed by atoms with E-state index in [0.717, 1.165) is 45.1 Å². The molecule has 0 amide bonds. The number of fused-ring (bicyclic) bond motifs is 4. The highest BCUT2D eigenvalue weighted by Crippen LogP contribution is 2.62. The van der Waals surface area contributed by atoms with Crippen LogP contribution in [0.25, 0.3) is 5.57 Å². The first kappa shape index (κ1) is 43.0. The van der Waals surface area contributed by atoms with Crippen LogP contribution in [0.3, 0.4) is 0 Å². The van der Waals surface area contributed by atoms with Crippen molar-refractivity contribution in [2.24, 2.45) is 5.92 Å². The van der Waals surface area contributed by atoms with Gasteiger partial charge in [0.1, 0.15) is 0 Å². The molecule has 0 radical (unpaired) electrons. The summed E-state index contributed by atoms with van der Waals surface area (Å²) in [6.07, 6.45) is 43.6. The fraction of sp³-hybridized carbons (Fsp3) is 0.321. The minimum Gasteiger partial charge on any atom is -0.384 e. The zero-order valence-corrected chi connectivity index (χ0v) is 35.8. The molecule has 1 nitrogen and oxygen atoms in total. The van der Waals surface area contributed by atoms with Gasteiger partial charge in [-0.05, 0) is 95.4 Å². The van der Waals surface area contributed by atoms with Gasteiger partial charge in [-0.1, -0.05) is 224 Å². The van der Waals surface area contributed by atoms with Crippen molar-refractivity contribution in [1.29, 1.82) is 0 Å². The Balaban J connectivity index is 0.000000554. The van der Waals surface area contributed by atoms with E-state index in [2.05, 4.69) is 166 Å². The summed E-state index contributed by atoms with van der Waals surface area (Å²) in [6, 6.07) is 28.6. The predicted molar refractivity (Wildman–Crippen MR) is 251 cm³/mol. The van der Waals surface area contributed by atoms with Crippen LogP contribution in [0.4, 0.5) is 0 Å². The van der Waals surface area contributed by atoms with Gasteiger partial charge < -0.3 is 5.32 Å². The van der Waals surface area contributed by atoms with Crippen molar-refractivity contribution in [1.82, 2.24) is 5.32 Å². The van der Waals surface area contributed by atoms with Gasteiger partial charge in [-0.25, -0.2) is 0 Å².